The van der Waals surface area contributed by atoms with E-state index in [0.717, 1.165) is 23.3 Å². The summed E-state index contributed by atoms with van der Waals surface area (Å²) in [6, 6.07) is 16.6. The van der Waals surface area contributed by atoms with Crippen LogP contribution in [0.2, 0.25) is 0 Å². The third-order valence-corrected chi connectivity index (χ3v) is 5.55. The fourth-order valence-corrected chi connectivity index (χ4v) is 3.81. The van der Waals surface area contributed by atoms with Crippen LogP contribution in [0.1, 0.15) is 5.56 Å². The van der Waals surface area contributed by atoms with E-state index in [0.29, 0.717) is 17.5 Å². The van der Waals surface area contributed by atoms with Gasteiger partial charge in [-0.25, -0.2) is 0 Å². The lowest BCUT2D eigenvalue weighted by Crippen LogP contribution is -2.15. The van der Waals surface area contributed by atoms with Crippen LogP contribution in [0.15, 0.2) is 78.2 Å². The van der Waals surface area contributed by atoms with Gasteiger partial charge in [-0.05, 0) is 29.8 Å². The van der Waals surface area contributed by atoms with Gasteiger partial charge in [0, 0.05) is 29.7 Å². The average Bonchev–Trinajstić information content (AvgIpc) is 3.22. The van der Waals surface area contributed by atoms with Gasteiger partial charge in [-0.2, -0.15) is 4.39 Å². The molecule has 0 saturated heterocycles. The summed E-state index contributed by atoms with van der Waals surface area (Å²) in [4.78, 5) is 26.6. The van der Waals surface area contributed by atoms with Gasteiger partial charge >= 0.3 is 5.69 Å². The second-order valence-corrected chi connectivity index (χ2v) is 7.82. The number of hydrogen-bond acceptors (Lipinski definition) is 7. The number of rotatable bonds is 8. The number of thioether (sulfide) groups is 1. The van der Waals surface area contributed by atoms with Crippen molar-refractivity contribution in [3.8, 4) is 11.4 Å². The molecular weight excluding hydrogens is 447 g/mol. The van der Waals surface area contributed by atoms with Crippen LogP contribution in [0.5, 0.6) is 0 Å². The van der Waals surface area contributed by atoms with E-state index in [1.807, 2.05) is 41.0 Å². The van der Waals surface area contributed by atoms with Gasteiger partial charge in [-0.3, -0.25) is 24.5 Å². The van der Waals surface area contributed by atoms with Crippen LogP contribution in [0, 0.1) is 15.9 Å². The number of nitrogens with zero attached hydrogens (tertiary/aromatic N) is 5. The number of benzene rings is 2. The molecule has 0 aliphatic rings. The van der Waals surface area contributed by atoms with Crippen LogP contribution >= 0.6 is 11.8 Å². The number of nitro groups is 1. The largest absolute Gasteiger partial charge is 0.325 e. The Kier molecular flexibility index (Phi) is 6.69. The summed E-state index contributed by atoms with van der Waals surface area (Å²) in [7, 11) is 0. The monoisotopic (exact) mass is 464 g/mol. The minimum Gasteiger partial charge on any atom is -0.325 e. The molecule has 1 N–H and O–H groups in total. The minimum absolute atomic E-state index is 0.0227. The highest BCUT2D eigenvalue weighted by molar-refractivity contribution is 7.99. The van der Waals surface area contributed by atoms with Crippen molar-refractivity contribution >= 4 is 29.0 Å². The number of nitrogens with one attached hydrogen (secondary N) is 1. The molecule has 0 aliphatic carbocycles. The number of pyridine rings is 1. The van der Waals surface area contributed by atoms with Crippen LogP contribution in [0.3, 0.4) is 0 Å². The van der Waals surface area contributed by atoms with E-state index in [9.17, 15) is 19.3 Å². The molecule has 2 aromatic heterocycles. The lowest BCUT2D eigenvalue weighted by molar-refractivity contribution is -0.387. The Hall–Kier alpha value is -4.12. The lowest BCUT2D eigenvalue weighted by atomic mass is 10.2. The first kappa shape index (κ1) is 22.1. The number of amides is 1. The highest BCUT2D eigenvalue weighted by atomic mass is 32.2. The number of anilines is 1. The summed E-state index contributed by atoms with van der Waals surface area (Å²) in [5, 5.41) is 22.5. The highest BCUT2D eigenvalue weighted by Gasteiger charge is 2.18. The Balaban J connectivity index is 1.52. The zero-order chi connectivity index (χ0) is 23.2. The normalized spacial score (nSPS) is 10.7. The molecule has 4 aromatic rings. The molecule has 0 bridgehead atoms. The Morgan fingerprint density at radius 1 is 1.12 bits per heavy atom. The van der Waals surface area contributed by atoms with Gasteiger partial charge in [0.1, 0.15) is 0 Å². The summed E-state index contributed by atoms with van der Waals surface area (Å²) < 4.78 is 15.4. The predicted octanol–water partition coefficient (Wildman–Crippen LogP) is 4.17. The molecule has 0 spiro atoms. The molecule has 4 rings (SSSR count). The number of halogens is 1. The first-order valence-corrected chi connectivity index (χ1v) is 10.7. The second kappa shape index (κ2) is 10.0. The molecule has 2 heterocycles. The van der Waals surface area contributed by atoms with Gasteiger partial charge in [0.25, 0.3) is 0 Å². The van der Waals surface area contributed by atoms with Crippen LogP contribution in [0.4, 0.5) is 15.8 Å². The van der Waals surface area contributed by atoms with Gasteiger partial charge in [-0.1, -0.05) is 42.1 Å². The fraction of sp³-hybridized carbons (Fsp3) is 0.0909. The van der Waals surface area contributed by atoms with E-state index in [-0.39, 0.29) is 11.4 Å². The summed E-state index contributed by atoms with van der Waals surface area (Å²) in [5.41, 5.74) is 1.25. The predicted molar refractivity (Wildman–Crippen MR) is 121 cm³/mol. The van der Waals surface area contributed by atoms with E-state index in [4.69, 9.17) is 0 Å². The molecule has 0 saturated carbocycles. The molecule has 0 unspecified atom stereocenters. The summed E-state index contributed by atoms with van der Waals surface area (Å²) >= 11 is 1.17. The van der Waals surface area contributed by atoms with Gasteiger partial charge in [0.2, 0.25) is 11.7 Å². The van der Waals surface area contributed by atoms with E-state index in [1.165, 1.54) is 17.8 Å². The average molecular weight is 464 g/mol. The molecule has 9 nitrogen and oxygen atoms in total. The van der Waals surface area contributed by atoms with Crippen LogP contribution in [-0.4, -0.2) is 36.3 Å². The standard InChI is InChI=1S/C22H17FN6O3S/c23-18-9-8-17(11-19(18)29(31)32)25-20(30)14-33-22-27-26-21(16-7-4-10-24-12-16)28(22)13-15-5-2-1-3-6-15/h1-12H,13-14H2,(H,25,30). The number of aromatic nitrogens is 4. The Labute approximate surface area is 191 Å². The van der Waals surface area contributed by atoms with Crippen molar-refractivity contribution < 1.29 is 14.1 Å². The van der Waals surface area contributed by atoms with E-state index in [1.54, 1.807) is 18.5 Å². The molecule has 1 amide bonds. The number of nitro benzene ring substituents is 1. The van der Waals surface area contributed by atoms with Crippen molar-refractivity contribution in [2.75, 3.05) is 11.1 Å². The van der Waals surface area contributed by atoms with Gasteiger partial charge < -0.3 is 5.32 Å². The maximum atomic E-state index is 13.5. The zero-order valence-electron chi connectivity index (χ0n) is 17.1. The first-order valence-electron chi connectivity index (χ1n) is 9.75. The SMILES string of the molecule is O=C(CSc1nnc(-c2cccnc2)n1Cc1ccccc1)Nc1ccc(F)c([N+](=O)[O-])c1. The van der Waals surface area contributed by atoms with Crippen molar-refractivity contribution in [2.24, 2.45) is 0 Å². The van der Waals surface area contributed by atoms with Crippen molar-refractivity contribution in [2.45, 2.75) is 11.7 Å². The van der Waals surface area contributed by atoms with E-state index >= 15 is 0 Å². The quantitative estimate of drug-likeness (QED) is 0.236. The van der Waals surface area contributed by atoms with Gasteiger partial charge in [0.05, 0.1) is 17.2 Å². The number of hydrogen-bond donors (Lipinski definition) is 1. The maximum Gasteiger partial charge on any atom is 0.306 e. The topological polar surface area (TPSA) is 116 Å². The molecular formula is C22H17FN6O3S. The number of carbonyl (C=O) groups excluding carboxylic acids is 1. The minimum atomic E-state index is -0.968. The first-order chi connectivity index (χ1) is 16.0. The zero-order valence-corrected chi connectivity index (χ0v) is 17.9. The molecule has 11 heteroatoms. The third kappa shape index (κ3) is 5.39. The molecule has 0 atom stereocenters. The van der Waals surface area contributed by atoms with E-state index < -0.39 is 22.3 Å². The molecule has 0 fully saturated rings. The molecule has 33 heavy (non-hydrogen) atoms. The summed E-state index contributed by atoms with van der Waals surface area (Å²) in [5.74, 6) is -0.795. The van der Waals surface area contributed by atoms with Gasteiger partial charge in [0.15, 0.2) is 11.0 Å². The third-order valence-electron chi connectivity index (χ3n) is 4.58. The van der Waals surface area contributed by atoms with Crippen molar-refractivity contribution in [1.82, 2.24) is 19.7 Å². The summed E-state index contributed by atoms with van der Waals surface area (Å²) in [6.07, 6.45) is 3.36. The Bertz CT molecular complexity index is 1280. The summed E-state index contributed by atoms with van der Waals surface area (Å²) in [6.45, 7) is 0.492. The van der Waals surface area contributed by atoms with Gasteiger partial charge in [-0.15, -0.1) is 10.2 Å². The molecule has 0 aliphatic heterocycles. The number of carbonyl (C=O) groups is 1. The maximum absolute atomic E-state index is 13.5. The van der Waals surface area contributed by atoms with Crippen molar-refractivity contribution in [1.29, 1.82) is 0 Å². The van der Waals surface area contributed by atoms with Crippen molar-refractivity contribution in [3.63, 3.8) is 0 Å². The fourth-order valence-electron chi connectivity index (χ4n) is 3.07. The van der Waals surface area contributed by atoms with Crippen LogP contribution < -0.4 is 5.32 Å². The molecule has 0 radical (unpaired) electrons. The van der Waals surface area contributed by atoms with Crippen molar-refractivity contribution in [3.05, 3.63) is 94.6 Å². The Morgan fingerprint density at radius 2 is 1.94 bits per heavy atom. The smallest absolute Gasteiger partial charge is 0.306 e. The molecule has 2 aromatic carbocycles. The second-order valence-electron chi connectivity index (χ2n) is 6.88. The Morgan fingerprint density at radius 3 is 2.67 bits per heavy atom. The molecule has 166 valence electrons. The highest BCUT2D eigenvalue weighted by Crippen LogP contribution is 2.26. The lowest BCUT2D eigenvalue weighted by Gasteiger charge is -2.10. The van der Waals surface area contributed by atoms with E-state index in [2.05, 4.69) is 20.5 Å². The van der Waals surface area contributed by atoms with Crippen LogP contribution in [0.25, 0.3) is 11.4 Å². The van der Waals surface area contributed by atoms with Crippen LogP contribution in [-0.2, 0) is 11.3 Å².